The van der Waals surface area contributed by atoms with Crippen molar-refractivity contribution in [3.05, 3.63) is 94.0 Å². The quantitative estimate of drug-likeness (QED) is 0.300. The Balaban J connectivity index is 1.45. The Morgan fingerprint density at radius 1 is 0.972 bits per heavy atom. The second-order valence-electron chi connectivity index (χ2n) is 7.86. The van der Waals surface area contributed by atoms with Gasteiger partial charge in [0.25, 0.3) is 5.91 Å². The van der Waals surface area contributed by atoms with Crippen molar-refractivity contribution < 1.29 is 9.53 Å². The van der Waals surface area contributed by atoms with Crippen LogP contribution in [0.5, 0.6) is 5.75 Å². The largest absolute Gasteiger partial charge is 0.497 e. The molecule has 5 aromatic rings. The number of aromatic nitrogens is 6. The fraction of sp³-hybridized carbons (Fsp3) is 0.0800. The number of hydrogen-bond donors (Lipinski definition) is 2. The number of aromatic amines is 1. The van der Waals surface area contributed by atoms with Gasteiger partial charge < -0.3 is 4.74 Å². The number of nitrogens with one attached hydrogen (secondary N) is 2. The van der Waals surface area contributed by atoms with Gasteiger partial charge in [0.05, 0.1) is 25.0 Å². The van der Waals surface area contributed by atoms with Gasteiger partial charge in [-0.1, -0.05) is 40.4 Å². The number of anilines is 1. The van der Waals surface area contributed by atoms with Gasteiger partial charge >= 0.3 is 0 Å². The molecule has 0 unspecified atom stereocenters. The molecule has 2 heterocycles. The van der Waals surface area contributed by atoms with E-state index < -0.39 is 0 Å². The number of halogens is 2. The lowest BCUT2D eigenvalue weighted by Crippen LogP contribution is -2.13. The molecule has 0 aliphatic carbocycles. The number of hydrogen-bond acceptors (Lipinski definition) is 6. The Morgan fingerprint density at radius 2 is 1.69 bits per heavy atom. The molecule has 0 aliphatic rings. The maximum absolute atomic E-state index is 12.4. The van der Waals surface area contributed by atoms with Gasteiger partial charge in [0.2, 0.25) is 5.95 Å². The number of amides is 1. The Bertz CT molecular complexity index is 1480. The van der Waals surface area contributed by atoms with Gasteiger partial charge in [-0.15, -0.1) is 0 Å². The second kappa shape index (κ2) is 10.2. The number of H-pyrrole nitrogens is 1. The fourth-order valence-corrected chi connectivity index (χ4v) is 4.23. The third kappa shape index (κ3) is 5.22. The Labute approximate surface area is 216 Å². The molecular formula is C25H19Cl2N7O2. The second-order valence-corrected chi connectivity index (χ2v) is 8.73. The van der Waals surface area contributed by atoms with Crippen LogP contribution >= 0.6 is 23.2 Å². The summed E-state index contributed by atoms with van der Waals surface area (Å²) in [5.41, 5.74) is 4.85. The molecule has 0 spiro atoms. The first-order valence-electron chi connectivity index (χ1n) is 10.8. The molecule has 9 nitrogen and oxygen atoms in total. The smallest absolute Gasteiger partial charge is 0.258 e. The molecule has 0 aliphatic heterocycles. The summed E-state index contributed by atoms with van der Waals surface area (Å²) < 4.78 is 7.16. The zero-order chi connectivity index (χ0) is 25.1. The summed E-state index contributed by atoms with van der Waals surface area (Å²) >= 11 is 12.6. The van der Waals surface area contributed by atoms with Gasteiger partial charge in [-0.25, -0.2) is 5.10 Å². The predicted octanol–water partition coefficient (Wildman–Crippen LogP) is 5.35. The van der Waals surface area contributed by atoms with E-state index in [0.29, 0.717) is 22.2 Å². The van der Waals surface area contributed by atoms with E-state index >= 15 is 0 Å². The molecule has 11 heteroatoms. The van der Waals surface area contributed by atoms with Crippen LogP contribution in [0.3, 0.4) is 0 Å². The van der Waals surface area contributed by atoms with Gasteiger partial charge in [0.1, 0.15) is 5.75 Å². The number of rotatable bonds is 7. The SMILES string of the molecule is COc1ccc(-c2cc(-c3cc(Cl)cc(Cl)c3)n(Cc3ccc(C(=O)Nc4nnn[nH]4)cc3)n2)cc1. The molecule has 36 heavy (non-hydrogen) atoms. The fourth-order valence-electron chi connectivity index (χ4n) is 3.70. The maximum Gasteiger partial charge on any atom is 0.258 e. The number of nitrogens with zero attached hydrogens (tertiary/aromatic N) is 5. The van der Waals surface area contributed by atoms with E-state index in [1.807, 2.05) is 59.3 Å². The number of ether oxygens (including phenoxy) is 1. The third-order valence-corrected chi connectivity index (χ3v) is 5.89. The predicted molar refractivity (Wildman–Crippen MR) is 137 cm³/mol. The summed E-state index contributed by atoms with van der Waals surface area (Å²) in [4.78, 5) is 12.4. The summed E-state index contributed by atoms with van der Waals surface area (Å²) in [6, 6.07) is 22.3. The van der Waals surface area contributed by atoms with Crippen molar-refractivity contribution in [3.63, 3.8) is 0 Å². The van der Waals surface area contributed by atoms with Crippen LogP contribution in [0.15, 0.2) is 72.8 Å². The molecule has 5 rings (SSSR count). The average Bonchev–Trinajstić information content (AvgIpc) is 3.54. The monoisotopic (exact) mass is 519 g/mol. The lowest BCUT2D eigenvalue weighted by molar-refractivity contribution is 0.102. The van der Waals surface area contributed by atoms with Crippen molar-refractivity contribution in [2.75, 3.05) is 12.4 Å². The van der Waals surface area contributed by atoms with Gasteiger partial charge in [0, 0.05) is 26.7 Å². The molecule has 180 valence electrons. The van der Waals surface area contributed by atoms with Crippen LogP contribution in [0, 0.1) is 0 Å². The number of carbonyl (C=O) groups is 1. The highest BCUT2D eigenvalue weighted by atomic mass is 35.5. The first kappa shape index (κ1) is 23.5. The summed E-state index contributed by atoms with van der Waals surface area (Å²) in [5.74, 6) is 0.621. The Morgan fingerprint density at radius 3 is 2.33 bits per heavy atom. The van der Waals surface area contributed by atoms with Crippen molar-refractivity contribution in [3.8, 4) is 28.3 Å². The highest BCUT2D eigenvalue weighted by Crippen LogP contribution is 2.31. The van der Waals surface area contributed by atoms with Crippen molar-refractivity contribution in [1.29, 1.82) is 0 Å². The topological polar surface area (TPSA) is 111 Å². The molecule has 2 N–H and O–H groups in total. The molecule has 0 radical (unpaired) electrons. The number of tetrazole rings is 1. The maximum atomic E-state index is 12.4. The van der Waals surface area contributed by atoms with Crippen LogP contribution in [0.1, 0.15) is 15.9 Å². The summed E-state index contributed by atoms with van der Waals surface area (Å²) in [6.45, 7) is 0.462. The van der Waals surface area contributed by atoms with Gasteiger partial charge in [-0.05, 0) is 76.7 Å². The van der Waals surface area contributed by atoms with Crippen LogP contribution in [-0.4, -0.2) is 43.4 Å². The van der Waals surface area contributed by atoms with Crippen molar-refractivity contribution >= 4 is 35.1 Å². The normalized spacial score (nSPS) is 10.9. The van der Waals surface area contributed by atoms with Gasteiger partial charge in [-0.2, -0.15) is 5.10 Å². The van der Waals surface area contributed by atoms with E-state index in [1.54, 1.807) is 25.3 Å². The molecular weight excluding hydrogens is 501 g/mol. The van der Waals surface area contributed by atoms with Crippen LogP contribution in [0.2, 0.25) is 10.0 Å². The molecule has 3 aromatic carbocycles. The summed E-state index contributed by atoms with van der Waals surface area (Å²) in [7, 11) is 1.63. The average molecular weight is 520 g/mol. The Hall–Kier alpha value is -4.21. The van der Waals surface area contributed by atoms with E-state index in [2.05, 4.69) is 25.9 Å². The molecule has 0 saturated carbocycles. The molecule has 2 aromatic heterocycles. The number of benzene rings is 3. The van der Waals surface area contributed by atoms with Crippen LogP contribution in [-0.2, 0) is 6.54 Å². The highest BCUT2D eigenvalue weighted by Gasteiger charge is 2.15. The van der Waals surface area contributed by atoms with Crippen molar-refractivity contribution in [2.24, 2.45) is 0 Å². The minimum atomic E-state index is -0.324. The molecule has 0 fully saturated rings. The van der Waals surface area contributed by atoms with Gasteiger partial charge in [0.15, 0.2) is 0 Å². The van der Waals surface area contributed by atoms with Gasteiger partial charge in [-0.3, -0.25) is 14.8 Å². The van der Waals surface area contributed by atoms with E-state index in [4.69, 9.17) is 33.0 Å². The lowest BCUT2D eigenvalue weighted by Gasteiger charge is -2.09. The van der Waals surface area contributed by atoms with Crippen LogP contribution in [0.4, 0.5) is 5.95 Å². The standard InChI is InChI=1S/C25H19Cl2N7O2/c1-36-21-8-6-16(7-9-21)22-13-23(18-10-19(26)12-20(27)11-18)34(31-22)14-15-2-4-17(5-3-15)24(35)28-25-29-32-33-30-25/h2-13H,14H2,1H3,(H2,28,29,30,32,33,35). The van der Waals surface area contributed by atoms with Crippen molar-refractivity contribution in [2.45, 2.75) is 6.54 Å². The van der Waals surface area contributed by atoms with E-state index in [9.17, 15) is 4.79 Å². The Kier molecular flexibility index (Phi) is 6.66. The number of methoxy groups -OCH3 is 1. The first-order valence-corrected chi connectivity index (χ1v) is 11.6. The summed E-state index contributed by atoms with van der Waals surface area (Å²) in [5, 5.41) is 21.6. The first-order chi connectivity index (χ1) is 17.5. The minimum absolute atomic E-state index is 0.177. The molecule has 1 amide bonds. The zero-order valence-electron chi connectivity index (χ0n) is 18.9. The van der Waals surface area contributed by atoms with E-state index in [1.165, 1.54) is 0 Å². The molecule has 0 atom stereocenters. The third-order valence-electron chi connectivity index (χ3n) is 5.45. The summed E-state index contributed by atoms with van der Waals surface area (Å²) in [6.07, 6.45) is 0. The van der Waals surface area contributed by atoms with E-state index in [0.717, 1.165) is 33.8 Å². The number of carbonyl (C=O) groups excluding carboxylic acids is 1. The lowest BCUT2D eigenvalue weighted by atomic mass is 10.1. The minimum Gasteiger partial charge on any atom is -0.497 e. The van der Waals surface area contributed by atoms with Crippen LogP contribution in [0.25, 0.3) is 22.5 Å². The molecule has 0 bridgehead atoms. The molecule has 0 saturated heterocycles. The van der Waals surface area contributed by atoms with E-state index in [-0.39, 0.29) is 11.9 Å². The zero-order valence-corrected chi connectivity index (χ0v) is 20.5. The highest BCUT2D eigenvalue weighted by molar-refractivity contribution is 6.35. The van der Waals surface area contributed by atoms with Crippen molar-refractivity contribution in [1.82, 2.24) is 30.4 Å². The van der Waals surface area contributed by atoms with Crippen LogP contribution < -0.4 is 10.1 Å².